The van der Waals surface area contributed by atoms with E-state index in [0.717, 1.165) is 17.8 Å². The minimum atomic E-state index is -0.276. The molecule has 1 aromatic rings. The van der Waals surface area contributed by atoms with Crippen molar-refractivity contribution in [1.29, 1.82) is 0 Å². The van der Waals surface area contributed by atoms with Crippen LogP contribution in [0.25, 0.3) is 0 Å². The Morgan fingerprint density at radius 2 is 2.32 bits per heavy atom. The summed E-state index contributed by atoms with van der Waals surface area (Å²) in [6.07, 6.45) is 3.41. The first-order valence-electron chi connectivity index (χ1n) is 6.69. The van der Waals surface area contributed by atoms with Gasteiger partial charge in [0.05, 0.1) is 13.7 Å². The Morgan fingerprint density at radius 1 is 1.53 bits per heavy atom. The van der Waals surface area contributed by atoms with E-state index in [1.54, 1.807) is 0 Å². The third-order valence-electron chi connectivity index (χ3n) is 3.79. The molecule has 0 saturated carbocycles. The summed E-state index contributed by atoms with van der Waals surface area (Å²) in [5.74, 6) is -0.276. The van der Waals surface area contributed by atoms with Gasteiger partial charge in [-0.25, -0.2) is 4.79 Å². The van der Waals surface area contributed by atoms with Crippen LogP contribution in [0, 0.1) is 0 Å². The second-order valence-electron chi connectivity index (χ2n) is 5.05. The average Bonchev–Trinajstić information content (AvgIpc) is 2.88. The molecule has 0 spiro atoms. The molecule has 19 heavy (non-hydrogen) atoms. The van der Waals surface area contributed by atoms with Gasteiger partial charge in [0.1, 0.15) is 4.88 Å². The van der Waals surface area contributed by atoms with Gasteiger partial charge in [-0.1, -0.05) is 6.42 Å². The lowest BCUT2D eigenvalue weighted by Crippen LogP contribution is -2.46. The number of carbonyl (C=O) groups excluding carboxylic acids is 1. The predicted molar refractivity (Wildman–Crippen MR) is 75.4 cm³/mol. The van der Waals surface area contributed by atoms with Crippen LogP contribution in [0.15, 0.2) is 12.1 Å². The van der Waals surface area contributed by atoms with Crippen molar-refractivity contribution in [2.45, 2.75) is 44.8 Å². The van der Waals surface area contributed by atoms with E-state index in [9.17, 15) is 9.90 Å². The smallest absolute Gasteiger partial charge is 0.348 e. The number of ether oxygens (including phenoxy) is 1. The summed E-state index contributed by atoms with van der Waals surface area (Å²) < 4.78 is 4.72. The van der Waals surface area contributed by atoms with Crippen molar-refractivity contribution < 1.29 is 14.6 Å². The van der Waals surface area contributed by atoms with E-state index < -0.39 is 0 Å². The highest BCUT2D eigenvalue weighted by Crippen LogP contribution is 2.27. The second-order valence-corrected chi connectivity index (χ2v) is 6.21. The lowest BCUT2D eigenvalue weighted by atomic mass is 9.97. The summed E-state index contributed by atoms with van der Waals surface area (Å²) in [5.41, 5.74) is 0. The van der Waals surface area contributed by atoms with Gasteiger partial charge in [-0.2, -0.15) is 0 Å². The Bertz CT molecular complexity index is 432. The molecule has 0 aliphatic carbocycles. The maximum Gasteiger partial charge on any atom is 0.348 e. The van der Waals surface area contributed by atoms with Crippen LogP contribution >= 0.6 is 11.3 Å². The van der Waals surface area contributed by atoms with Crippen molar-refractivity contribution in [2.24, 2.45) is 0 Å². The molecule has 2 heterocycles. The number of aliphatic hydroxyl groups is 1. The number of thiophene rings is 1. The van der Waals surface area contributed by atoms with Crippen LogP contribution in [0.4, 0.5) is 0 Å². The third kappa shape index (κ3) is 3.35. The number of esters is 1. The van der Waals surface area contributed by atoms with Crippen molar-refractivity contribution in [2.75, 3.05) is 13.7 Å². The van der Waals surface area contributed by atoms with Crippen molar-refractivity contribution >= 4 is 17.3 Å². The molecule has 1 aliphatic rings. The minimum Gasteiger partial charge on any atom is -0.465 e. The van der Waals surface area contributed by atoms with Crippen LogP contribution in [-0.4, -0.2) is 41.8 Å². The summed E-state index contributed by atoms with van der Waals surface area (Å²) in [5, 5.41) is 9.48. The highest BCUT2D eigenvalue weighted by atomic mass is 32.1. The highest BCUT2D eigenvalue weighted by Gasteiger charge is 2.27. The predicted octanol–water partition coefficient (Wildman–Crippen LogP) is 2.27. The number of methoxy groups -OCH3 is 1. The van der Waals surface area contributed by atoms with Gasteiger partial charge in [0.25, 0.3) is 0 Å². The van der Waals surface area contributed by atoms with Gasteiger partial charge in [0.2, 0.25) is 0 Å². The lowest BCUT2D eigenvalue weighted by Gasteiger charge is -2.39. The van der Waals surface area contributed by atoms with Crippen molar-refractivity contribution in [3.8, 4) is 0 Å². The van der Waals surface area contributed by atoms with Gasteiger partial charge in [0.15, 0.2) is 0 Å². The molecule has 0 unspecified atom stereocenters. The molecule has 2 atom stereocenters. The van der Waals surface area contributed by atoms with E-state index in [0.29, 0.717) is 10.9 Å². The largest absolute Gasteiger partial charge is 0.465 e. The summed E-state index contributed by atoms with van der Waals surface area (Å²) in [6, 6.07) is 4.52. The quantitative estimate of drug-likeness (QED) is 0.861. The first kappa shape index (κ1) is 14.5. The molecule has 0 radical (unpaired) electrons. The van der Waals surface area contributed by atoms with Crippen molar-refractivity contribution in [3.63, 3.8) is 0 Å². The molecule has 1 aromatic heterocycles. The maximum atomic E-state index is 11.4. The van der Waals surface area contributed by atoms with Crippen LogP contribution in [0.1, 0.15) is 40.7 Å². The summed E-state index contributed by atoms with van der Waals surface area (Å²) in [4.78, 5) is 15.6. The summed E-state index contributed by atoms with van der Waals surface area (Å²) in [6.45, 7) is 3.21. The summed E-state index contributed by atoms with van der Waals surface area (Å²) >= 11 is 1.48. The van der Waals surface area contributed by atoms with Crippen molar-refractivity contribution in [1.82, 2.24) is 4.90 Å². The zero-order valence-electron chi connectivity index (χ0n) is 11.5. The van der Waals surface area contributed by atoms with E-state index >= 15 is 0 Å². The molecule has 1 N–H and O–H groups in total. The number of carbonyl (C=O) groups is 1. The van der Waals surface area contributed by atoms with Crippen molar-refractivity contribution in [3.05, 3.63) is 21.9 Å². The molecular formula is C14H21NO3S. The molecule has 1 fully saturated rings. The van der Waals surface area contributed by atoms with E-state index in [2.05, 4.69) is 11.8 Å². The van der Waals surface area contributed by atoms with Gasteiger partial charge in [-0.3, -0.25) is 4.90 Å². The first-order chi connectivity index (χ1) is 9.15. The van der Waals surface area contributed by atoms with Crippen LogP contribution in [0.5, 0.6) is 0 Å². The number of piperidine rings is 1. The van der Waals surface area contributed by atoms with E-state index in [4.69, 9.17) is 4.74 Å². The third-order valence-corrected chi connectivity index (χ3v) is 4.84. The number of hydrogen-bond acceptors (Lipinski definition) is 5. The summed E-state index contributed by atoms with van der Waals surface area (Å²) in [7, 11) is 1.40. The SMILES string of the molecule is COC(=O)c1ccc(CN2[C@@H](CO)CCC[C@@H]2C)s1. The Kier molecular flexibility index (Phi) is 4.96. The fourth-order valence-corrected chi connectivity index (χ4v) is 3.61. The highest BCUT2D eigenvalue weighted by molar-refractivity contribution is 7.13. The number of nitrogens with zero attached hydrogens (tertiary/aromatic N) is 1. The molecule has 0 bridgehead atoms. The lowest BCUT2D eigenvalue weighted by molar-refractivity contribution is 0.0460. The average molecular weight is 283 g/mol. The van der Waals surface area contributed by atoms with Gasteiger partial charge >= 0.3 is 5.97 Å². The Balaban J connectivity index is 2.06. The second kappa shape index (κ2) is 6.50. The number of aliphatic hydroxyl groups excluding tert-OH is 1. The van der Waals surface area contributed by atoms with Crippen LogP contribution < -0.4 is 0 Å². The molecule has 1 saturated heterocycles. The molecule has 2 rings (SSSR count). The topological polar surface area (TPSA) is 49.8 Å². The van der Waals surface area contributed by atoms with Gasteiger partial charge in [0, 0.05) is 23.5 Å². The molecule has 106 valence electrons. The molecule has 0 amide bonds. The maximum absolute atomic E-state index is 11.4. The number of hydrogen-bond donors (Lipinski definition) is 1. The standard InChI is InChI=1S/C14H21NO3S/c1-10-4-3-5-11(9-16)15(10)8-12-6-7-13(19-12)14(17)18-2/h6-7,10-11,16H,3-5,8-9H2,1-2H3/t10-,11+/m0/s1. The fraction of sp³-hybridized carbons (Fsp3) is 0.643. The van der Waals surface area contributed by atoms with Gasteiger partial charge < -0.3 is 9.84 Å². The molecular weight excluding hydrogens is 262 g/mol. The molecule has 1 aliphatic heterocycles. The van der Waals surface area contributed by atoms with Crippen LogP contribution in [-0.2, 0) is 11.3 Å². The molecule has 4 nitrogen and oxygen atoms in total. The molecule has 0 aromatic carbocycles. The van der Waals surface area contributed by atoms with Crippen LogP contribution in [0.2, 0.25) is 0 Å². The Labute approximate surface area is 118 Å². The Morgan fingerprint density at radius 3 is 3.00 bits per heavy atom. The Hall–Kier alpha value is -0.910. The monoisotopic (exact) mass is 283 g/mol. The zero-order valence-corrected chi connectivity index (χ0v) is 12.3. The number of rotatable bonds is 4. The van der Waals surface area contributed by atoms with Gasteiger partial charge in [-0.15, -0.1) is 11.3 Å². The van der Waals surface area contributed by atoms with Gasteiger partial charge in [-0.05, 0) is 31.9 Å². The fourth-order valence-electron chi connectivity index (χ4n) is 2.67. The number of likely N-dealkylation sites (tertiary alicyclic amines) is 1. The zero-order chi connectivity index (χ0) is 13.8. The normalized spacial score (nSPS) is 24.4. The minimum absolute atomic E-state index is 0.208. The first-order valence-corrected chi connectivity index (χ1v) is 7.51. The van der Waals surface area contributed by atoms with Crippen LogP contribution in [0.3, 0.4) is 0 Å². The van der Waals surface area contributed by atoms with E-state index in [1.165, 1.54) is 31.3 Å². The van der Waals surface area contributed by atoms with E-state index in [1.807, 2.05) is 12.1 Å². The van der Waals surface area contributed by atoms with E-state index in [-0.39, 0.29) is 18.6 Å². The molecule has 5 heteroatoms.